The minimum atomic E-state index is -0.349. The molecule has 0 aromatic heterocycles. The van der Waals surface area contributed by atoms with E-state index in [4.69, 9.17) is 9.47 Å². The number of hydrogen-bond acceptors (Lipinski definition) is 4. The normalized spacial score (nSPS) is 15.6. The molecule has 1 saturated heterocycles. The molecule has 1 aliphatic rings. The van der Waals surface area contributed by atoms with Gasteiger partial charge in [0.1, 0.15) is 5.82 Å². The monoisotopic (exact) mass is 428 g/mol. The minimum Gasteiger partial charge on any atom is -0.490 e. The number of likely N-dealkylation sites (tertiary alicyclic amines) is 1. The van der Waals surface area contributed by atoms with Gasteiger partial charge in [-0.1, -0.05) is 12.1 Å². The van der Waals surface area contributed by atoms with Gasteiger partial charge in [0.2, 0.25) is 5.91 Å². The van der Waals surface area contributed by atoms with Gasteiger partial charge in [-0.2, -0.15) is 0 Å². The molecule has 1 heterocycles. The number of carbonyl (C=O) groups is 2. The van der Waals surface area contributed by atoms with Crippen LogP contribution in [-0.4, -0.2) is 49.1 Å². The Labute approximate surface area is 182 Å². The van der Waals surface area contributed by atoms with Gasteiger partial charge in [0, 0.05) is 18.2 Å². The summed E-state index contributed by atoms with van der Waals surface area (Å²) in [7, 11) is 0. The van der Waals surface area contributed by atoms with Crippen molar-refractivity contribution in [2.45, 2.75) is 39.2 Å². The van der Waals surface area contributed by atoms with Crippen LogP contribution in [0.15, 0.2) is 42.5 Å². The van der Waals surface area contributed by atoms with Crippen molar-refractivity contribution in [3.63, 3.8) is 0 Å². The Balaban J connectivity index is 1.59. The molecule has 1 N–H and O–H groups in total. The van der Waals surface area contributed by atoms with Crippen LogP contribution in [0.1, 0.15) is 42.6 Å². The maximum Gasteiger partial charge on any atom is 0.251 e. The number of hydrogen-bond donors (Lipinski definition) is 1. The van der Waals surface area contributed by atoms with E-state index in [9.17, 15) is 14.0 Å². The summed E-state index contributed by atoms with van der Waals surface area (Å²) in [6.07, 6.45) is 2.37. The molecule has 31 heavy (non-hydrogen) atoms. The van der Waals surface area contributed by atoms with E-state index in [1.807, 2.05) is 19.9 Å². The van der Waals surface area contributed by atoms with Crippen LogP contribution in [0.4, 0.5) is 4.39 Å². The Morgan fingerprint density at radius 3 is 2.61 bits per heavy atom. The Hall–Kier alpha value is -3.09. The Bertz CT molecular complexity index is 918. The zero-order valence-corrected chi connectivity index (χ0v) is 18.0. The number of halogens is 1. The van der Waals surface area contributed by atoms with Gasteiger partial charge in [-0.3, -0.25) is 9.59 Å². The van der Waals surface area contributed by atoms with Gasteiger partial charge in [-0.25, -0.2) is 4.39 Å². The minimum absolute atomic E-state index is 0.0150. The largest absolute Gasteiger partial charge is 0.490 e. The van der Waals surface area contributed by atoms with Crippen LogP contribution in [0.2, 0.25) is 0 Å². The summed E-state index contributed by atoms with van der Waals surface area (Å²) < 4.78 is 24.5. The van der Waals surface area contributed by atoms with E-state index in [2.05, 4.69) is 5.32 Å². The molecule has 2 aromatic rings. The van der Waals surface area contributed by atoms with Crippen molar-refractivity contribution in [2.75, 3.05) is 26.3 Å². The highest BCUT2D eigenvalue weighted by Crippen LogP contribution is 2.28. The average Bonchev–Trinajstić information content (AvgIpc) is 3.21. The highest BCUT2D eigenvalue weighted by molar-refractivity contribution is 5.97. The van der Waals surface area contributed by atoms with E-state index in [1.54, 1.807) is 29.2 Å². The number of benzene rings is 2. The third-order valence-corrected chi connectivity index (χ3v) is 5.26. The zero-order chi connectivity index (χ0) is 22.2. The molecule has 2 amide bonds. The molecule has 1 atom stereocenters. The summed E-state index contributed by atoms with van der Waals surface area (Å²) in [6, 6.07) is 11.4. The van der Waals surface area contributed by atoms with Crippen LogP contribution in [0, 0.1) is 5.82 Å². The van der Waals surface area contributed by atoms with Crippen LogP contribution in [0.3, 0.4) is 0 Å². The molecule has 1 aliphatic heterocycles. The van der Waals surface area contributed by atoms with Crippen molar-refractivity contribution in [3.05, 3.63) is 59.4 Å². The zero-order valence-electron chi connectivity index (χ0n) is 18.0. The molecular formula is C24H29FN2O4. The number of nitrogens with zero attached hydrogens (tertiary/aromatic N) is 1. The summed E-state index contributed by atoms with van der Waals surface area (Å²) in [5, 5.41) is 2.70. The molecule has 1 unspecified atom stereocenters. The van der Waals surface area contributed by atoms with Crippen LogP contribution in [0.5, 0.6) is 11.5 Å². The molecule has 6 nitrogen and oxygen atoms in total. The maximum absolute atomic E-state index is 13.5. The summed E-state index contributed by atoms with van der Waals surface area (Å²) in [4.78, 5) is 27.1. The first-order valence-corrected chi connectivity index (χ1v) is 10.7. The quantitative estimate of drug-likeness (QED) is 0.663. The molecule has 3 rings (SSSR count). The van der Waals surface area contributed by atoms with E-state index in [0.29, 0.717) is 43.2 Å². The summed E-state index contributed by atoms with van der Waals surface area (Å²) in [6.45, 7) is 5.24. The van der Waals surface area contributed by atoms with E-state index < -0.39 is 0 Å². The second-order valence-electron chi connectivity index (χ2n) is 7.43. The molecule has 7 heteroatoms. The predicted molar refractivity (Wildman–Crippen MR) is 116 cm³/mol. The molecule has 1 fully saturated rings. The lowest BCUT2D eigenvalue weighted by Gasteiger charge is -2.25. The molecular weight excluding hydrogens is 399 g/mol. The van der Waals surface area contributed by atoms with Crippen molar-refractivity contribution in [1.29, 1.82) is 0 Å². The van der Waals surface area contributed by atoms with E-state index in [0.717, 1.165) is 18.4 Å². The van der Waals surface area contributed by atoms with Gasteiger partial charge < -0.3 is 19.7 Å². The van der Waals surface area contributed by atoms with Crippen LogP contribution < -0.4 is 14.8 Å². The number of ether oxygens (including phenoxy) is 2. The Kier molecular flexibility index (Phi) is 7.87. The van der Waals surface area contributed by atoms with Crippen molar-refractivity contribution in [1.82, 2.24) is 10.2 Å². The number of nitrogens with one attached hydrogen (secondary N) is 1. The first-order valence-electron chi connectivity index (χ1n) is 10.7. The SMILES string of the molecule is CCOc1ccc(C(=O)NCC(=O)N2CCCC2Cc2cccc(F)c2)cc1OCC. The van der Waals surface area contributed by atoms with Crippen LogP contribution in [-0.2, 0) is 11.2 Å². The van der Waals surface area contributed by atoms with E-state index in [1.165, 1.54) is 12.1 Å². The summed E-state index contributed by atoms with van der Waals surface area (Å²) in [5.41, 5.74) is 1.27. The standard InChI is InChI=1S/C24H29FN2O4/c1-3-30-21-11-10-18(15-22(21)31-4-2)24(29)26-16-23(28)27-12-6-9-20(27)14-17-7-5-8-19(25)13-17/h5,7-8,10-11,13,15,20H,3-4,6,9,12,14,16H2,1-2H3,(H,26,29). The second-order valence-corrected chi connectivity index (χ2v) is 7.43. The fourth-order valence-electron chi connectivity index (χ4n) is 3.86. The maximum atomic E-state index is 13.5. The lowest BCUT2D eigenvalue weighted by Crippen LogP contribution is -2.43. The van der Waals surface area contributed by atoms with Gasteiger partial charge in [0.25, 0.3) is 5.91 Å². The van der Waals surface area contributed by atoms with Gasteiger partial charge in [0.05, 0.1) is 19.8 Å². The molecule has 166 valence electrons. The Morgan fingerprint density at radius 1 is 1.10 bits per heavy atom. The average molecular weight is 429 g/mol. The fraction of sp³-hybridized carbons (Fsp3) is 0.417. The van der Waals surface area contributed by atoms with Crippen molar-refractivity contribution in [2.24, 2.45) is 0 Å². The molecule has 0 bridgehead atoms. The lowest BCUT2D eigenvalue weighted by molar-refractivity contribution is -0.130. The van der Waals surface area contributed by atoms with Crippen LogP contribution >= 0.6 is 0 Å². The highest BCUT2D eigenvalue weighted by atomic mass is 19.1. The molecule has 0 radical (unpaired) electrons. The fourth-order valence-corrected chi connectivity index (χ4v) is 3.86. The molecule has 0 spiro atoms. The van der Waals surface area contributed by atoms with Gasteiger partial charge in [-0.05, 0) is 69.0 Å². The van der Waals surface area contributed by atoms with Gasteiger partial charge in [-0.15, -0.1) is 0 Å². The Morgan fingerprint density at radius 2 is 1.87 bits per heavy atom. The van der Waals surface area contributed by atoms with Crippen molar-refractivity contribution >= 4 is 11.8 Å². The highest BCUT2D eigenvalue weighted by Gasteiger charge is 2.29. The topological polar surface area (TPSA) is 67.9 Å². The summed E-state index contributed by atoms with van der Waals surface area (Å²) in [5.74, 6) is 0.316. The number of amides is 2. The number of rotatable bonds is 9. The third kappa shape index (κ3) is 5.96. The van der Waals surface area contributed by atoms with Gasteiger partial charge >= 0.3 is 0 Å². The molecule has 0 saturated carbocycles. The van der Waals surface area contributed by atoms with Gasteiger partial charge in [0.15, 0.2) is 11.5 Å². The lowest BCUT2D eigenvalue weighted by atomic mass is 10.0. The predicted octanol–water partition coefficient (Wildman–Crippen LogP) is 3.59. The third-order valence-electron chi connectivity index (χ3n) is 5.26. The second kappa shape index (κ2) is 10.8. The van der Waals surface area contributed by atoms with E-state index in [-0.39, 0.29) is 30.2 Å². The van der Waals surface area contributed by atoms with Crippen molar-refractivity contribution < 1.29 is 23.5 Å². The van der Waals surface area contributed by atoms with Crippen molar-refractivity contribution in [3.8, 4) is 11.5 Å². The van der Waals surface area contributed by atoms with E-state index >= 15 is 0 Å². The first-order chi connectivity index (χ1) is 15.0. The molecule has 2 aromatic carbocycles. The smallest absolute Gasteiger partial charge is 0.251 e. The molecule has 0 aliphatic carbocycles. The van der Waals surface area contributed by atoms with Crippen LogP contribution in [0.25, 0.3) is 0 Å². The first kappa shape index (κ1) is 22.6. The number of carbonyl (C=O) groups excluding carboxylic acids is 2. The summed E-state index contributed by atoms with van der Waals surface area (Å²) >= 11 is 0.